The normalized spacial score (nSPS) is 14.8. The Bertz CT molecular complexity index is 1120. The van der Waals surface area contributed by atoms with E-state index >= 15 is 0 Å². The van der Waals surface area contributed by atoms with Gasteiger partial charge in [0.15, 0.2) is 0 Å². The molecule has 1 fully saturated rings. The molecule has 0 radical (unpaired) electrons. The molecule has 0 saturated heterocycles. The van der Waals surface area contributed by atoms with Crippen molar-refractivity contribution in [3.05, 3.63) is 75.1 Å². The van der Waals surface area contributed by atoms with Crippen molar-refractivity contribution in [2.24, 2.45) is 5.92 Å². The van der Waals surface area contributed by atoms with E-state index in [1.807, 2.05) is 30.3 Å². The number of H-pyrrole nitrogens is 1. The second-order valence-electron chi connectivity index (χ2n) is 8.07. The summed E-state index contributed by atoms with van der Waals surface area (Å²) in [6.45, 7) is 0. The number of benzene rings is 2. The minimum Gasteiger partial charge on any atom is -0.325 e. The number of nitro groups is 1. The Balaban J connectivity index is 1.48. The predicted molar refractivity (Wildman–Crippen MR) is 128 cm³/mol. The molecule has 1 aliphatic rings. The van der Waals surface area contributed by atoms with Gasteiger partial charge >= 0.3 is 0 Å². The number of amides is 1. The minimum absolute atomic E-state index is 0.0119. The molecule has 2 aromatic carbocycles. The van der Waals surface area contributed by atoms with Crippen molar-refractivity contribution in [1.82, 2.24) is 15.2 Å². The zero-order valence-corrected chi connectivity index (χ0v) is 19.4. The standard InChI is InChI=1S/C23H24ClN5O3S/c24-18-12-11-17(14-19(18)29(31)32)25-22(30)21(16-8-2-1-3-9-16)33-23-26-20(27-28-23)13-10-15-6-4-5-7-15/h1-3,8-9,11-12,14-15,21H,4-7,10,13H2,(H,25,30)(H,26,27,28). The van der Waals surface area contributed by atoms with Gasteiger partial charge < -0.3 is 5.32 Å². The molecule has 4 rings (SSSR count). The number of nitrogens with one attached hydrogen (secondary N) is 2. The van der Waals surface area contributed by atoms with Crippen molar-refractivity contribution in [3.8, 4) is 0 Å². The van der Waals surface area contributed by atoms with E-state index in [4.69, 9.17) is 11.6 Å². The lowest BCUT2D eigenvalue weighted by Crippen LogP contribution is -2.19. The van der Waals surface area contributed by atoms with Gasteiger partial charge in [0.1, 0.15) is 16.1 Å². The van der Waals surface area contributed by atoms with Crippen LogP contribution in [-0.2, 0) is 11.2 Å². The van der Waals surface area contributed by atoms with Crippen LogP contribution >= 0.6 is 23.4 Å². The molecule has 0 bridgehead atoms. The SMILES string of the molecule is O=C(Nc1ccc(Cl)c([N+](=O)[O-])c1)C(Sc1n[nH]c(CCC2CCCC2)n1)c1ccccc1. The molecule has 33 heavy (non-hydrogen) atoms. The molecule has 0 spiro atoms. The van der Waals surface area contributed by atoms with Crippen LogP contribution in [0.3, 0.4) is 0 Å². The summed E-state index contributed by atoms with van der Waals surface area (Å²) in [5.41, 5.74) is 0.810. The maximum absolute atomic E-state index is 13.2. The third kappa shape index (κ3) is 6.11. The summed E-state index contributed by atoms with van der Waals surface area (Å²) < 4.78 is 0. The molecule has 1 saturated carbocycles. The fraction of sp³-hybridized carbons (Fsp3) is 0.348. The van der Waals surface area contributed by atoms with Crippen LogP contribution in [0.1, 0.15) is 48.7 Å². The van der Waals surface area contributed by atoms with Gasteiger partial charge in [-0.2, -0.15) is 0 Å². The van der Waals surface area contributed by atoms with Crippen LogP contribution in [0.2, 0.25) is 5.02 Å². The summed E-state index contributed by atoms with van der Waals surface area (Å²) in [6.07, 6.45) is 7.13. The number of nitrogens with zero attached hydrogens (tertiary/aromatic N) is 3. The zero-order chi connectivity index (χ0) is 23.2. The molecular weight excluding hydrogens is 462 g/mol. The molecular formula is C23H24ClN5O3S. The van der Waals surface area contributed by atoms with Crippen LogP contribution < -0.4 is 5.32 Å². The van der Waals surface area contributed by atoms with Gasteiger partial charge in [0.2, 0.25) is 11.1 Å². The van der Waals surface area contributed by atoms with Gasteiger partial charge in [-0.3, -0.25) is 20.0 Å². The molecule has 1 unspecified atom stereocenters. The van der Waals surface area contributed by atoms with E-state index in [1.54, 1.807) is 0 Å². The predicted octanol–water partition coefficient (Wildman–Crippen LogP) is 5.96. The van der Waals surface area contributed by atoms with Gasteiger partial charge in [-0.05, 0) is 30.0 Å². The Morgan fingerprint density at radius 3 is 2.73 bits per heavy atom. The van der Waals surface area contributed by atoms with Gasteiger partial charge in [0, 0.05) is 18.2 Å². The zero-order valence-electron chi connectivity index (χ0n) is 17.9. The van der Waals surface area contributed by atoms with Gasteiger partial charge in [-0.1, -0.05) is 79.4 Å². The van der Waals surface area contributed by atoms with E-state index < -0.39 is 10.2 Å². The topological polar surface area (TPSA) is 114 Å². The second-order valence-corrected chi connectivity index (χ2v) is 9.55. The molecule has 8 nitrogen and oxygen atoms in total. The first-order valence-electron chi connectivity index (χ1n) is 10.9. The number of nitro benzene ring substituents is 1. The molecule has 2 N–H and O–H groups in total. The number of rotatable bonds is 9. The second kappa shape index (κ2) is 10.8. The van der Waals surface area contributed by atoms with E-state index in [0.29, 0.717) is 10.8 Å². The van der Waals surface area contributed by atoms with Crippen LogP contribution in [0.5, 0.6) is 0 Å². The highest BCUT2D eigenvalue weighted by molar-refractivity contribution is 8.00. The molecule has 0 aliphatic heterocycles. The Morgan fingerprint density at radius 2 is 2.00 bits per heavy atom. The fourth-order valence-electron chi connectivity index (χ4n) is 4.03. The number of aromatic nitrogens is 3. The Kier molecular flexibility index (Phi) is 7.61. The Hall–Kier alpha value is -2.91. The van der Waals surface area contributed by atoms with Crippen LogP contribution in [-0.4, -0.2) is 26.0 Å². The van der Waals surface area contributed by atoms with Gasteiger partial charge in [-0.15, -0.1) is 5.10 Å². The molecule has 3 aromatic rings. The highest BCUT2D eigenvalue weighted by Gasteiger charge is 2.25. The van der Waals surface area contributed by atoms with E-state index in [-0.39, 0.29) is 16.6 Å². The van der Waals surface area contributed by atoms with E-state index in [0.717, 1.165) is 30.1 Å². The number of hydrogen-bond donors (Lipinski definition) is 2. The third-order valence-corrected chi connectivity index (χ3v) is 7.18. The Morgan fingerprint density at radius 1 is 1.24 bits per heavy atom. The smallest absolute Gasteiger partial charge is 0.289 e. The lowest BCUT2D eigenvalue weighted by molar-refractivity contribution is -0.384. The van der Waals surface area contributed by atoms with E-state index in [1.165, 1.54) is 55.6 Å². The highest BCUT2D eigenvalue weighted by Crippen LogP contribution is 2.36. The number of aromatic amines is 1. The fourth-order valence-corrected chi connectivity index (χ4v) is 5.14. The van der Waals surface area contributed by atoms with Crippen LogP contribution in [0.15, 0.2) is 53.7 Å². The van der Waals surface area contributed by atoms with E-state index in [9.17, 15) is 14.9 Å². The molecule has 10 heteroatoms. The maximum atomic E-state index is 13.2. The number of hydrogen-bond acceptors (Lipinski definition) is 6. The number of carbonyl (C=O) groups excluding carboxylic acids is 1. The maximum Gasteiger partial charge on any atom is 0.289 e. The molecule has 1 aliphatic carbocycles. The van der Waals surface area contributed by atoms with Crippen LogP contribution in [0.25, 0.3) is 0 Å². The van der Waals surface area contributed by atoms with Crippen molar-refractivity contribution in [1.29, 1.82) is 0 Å². The number of aryl methyl sites for hydroxylation is 1. The lowest BCUT2D eigenvalue weighted by atomic mass is 10.0. The summed E-state index contributed by atoms with van der Waals surface area (Å²) in [4.78, 5) is 28.4. The van der Waals surface area contributed by atoms with Crippen molar-refractivity contribution < 1.29 is 9.72 Å². The molecule has 1 aromatic heterocycles. The van der Waals surface area contributed by atoms with Gasteiger partial charge in [-0.25, -0.2) is 4.98 Å². The van der Waals surface area contributed by atoms with Gasteiger partial charge in [0.05, 0.1) is 4.92 Å². The Labute approximate surface area is 200 Å². The van der Waals surface area contributed by atoms with Crippen LogP contribution in [0, 0.1) is 16.0 Å². The van der Waals surface area contributed by atoms with E-state index in [2.05, 4.69) is 20.5 Å². The number of anilines is 1. The molecule has 172 valence electrons. The summed E-state index contributed by atoms with van der Waals surface area (Å²) in [5.74, 6) is 1.25. The van der Waals surface area contributed by atoms with Crippen molar-refractivity contribution in [3.63, 3.8) is 0 Å². The molecule has 1 amide bonds. The summed E-state index contributed by atoms with van der Waals surface area (Å²) in [5, 5.41) is 21.1. The highest BCUT2D eigenvalue weighted by atomic mass is 35.5. The average Bonchev–Trinajstić information content (AvgIpc) is 3.49. The van der Waals surface area contributed by atoms with Gasteiger partial charge in [0.25, 0.3) is 5.69 Å². The first kappa shape index (κ1) is 23.3. The first-order valence-corrected chi connectivity index (χ1v) is 12.1. The molecule has 1 heterocycles. The van der Waals surface area contributed by atoms with Crippen molar-refractivity contribution in [2.45, 2.75) is 48.9 Å². The summed E-state index contributed by atoms with van der Waals surface area (Å²) in [7, 11) is 0. The average molecular weight is 486 g/mol. The third-order valence-electron chi connectivity index (χ3n) is 5.75. The summed E-state index contributed by atoms with van der Waals surface area (Å²) >= 11 is 7.12. The van der Waals surface area contributed by atoms with Crippen molar-refractivity contribution in [2.75, 3.05) is 5.32 Å². The monoisotopic (exact) mass is 485 g/mol. The largest absolute Gasteiger partial charge is 0.325 e. The molecule has 1 atom stereocenters. The van der Waals surface area contributed by atoms with Crippen LogP contribution in [0.4, 0.5) is 11.4 Å². The number of halogens is 1. The first-order chi connectivity index (χ1) is 16.0. The number of carbonyl (C=O) groups is 1. The lowest BCUT2D eigenvalue weighted by Gasteiger charge is -2.15. The minimum atomic E-state index is -0.639. The summed E-state index contributed by atoms with van der Waals surface area (Å²) in [6, 6.07) is 13.5. The number of thioether (sulfide) groups is 1. The quantitative estimate of drug-likeness (QED) is 0.219. The van der Waals surface area contributed by atoms with Crippen molar-refractivity contribution >= 4 is 40.6 Å².